The molecule has 4 rings (SSSR count). The molecule has 0 atom stereocenters. The summed E-state index contributed by atoms with van der Waals surface area (Å²) in [6.07, 6.45) is 0.839. The molecule has 3 aromatic heterocycles. The van der Waals surface area contributed by atoms with Gasteiger partial charge in [0, 0.05) is 46.1 Å². The predicted molar refractivity (Wildman–Crippen MR) is 109 cm³/mol. The third-order valence-corrected chi connectivity index (χ3v) is 6.80. The second-order valence-corrected chi connectivity index (χ2v) is 9.91. The average Bonchev–Trinajstić information content (AvgIpc) is 3.25. The van der Waals surface area contributed by atoms with Crippen molar-refractivity contribution in [2.75, 3.05) is 6.54 Å². The van der Waals surface area contributed by atoms with Gasteiger partial charge in [-0.15, -0.1) is 22.7 Å². The topological polar surface area (TPSA) is 49.0 Å². The highest BCUT2D eigenvalue weighted by atomic mass is 32.1. The van der Waals surface area contributed by atoms with E-state index in [0.717, 1.165) is 36.6 Å². The zero-order valence-corrected chi connectivity index (χ0v) is 17.0. The fourth-order valence-electron chi connectivity index (χ4n) is 3.21. The Morgan fingerprint density at radius 2 is 2.08 bits per heavy atom. The lowest BCUT2D eigenvalue weighted by molar-refractivity contribution is 0.243. The molecule has 26 heavy (non-hydrogen) atoms. The fourth-order valence-corrected chi connectivity index (χ4v) is 5.09. The van der Waals surface area contributed by atoms with Gasteiger partial charge >= 0.3 is 0 Å². The van der Waals surface area contributed by atoms with Gasteiger partial charge in [0.2, 0.25) is 0 Å². The van der Waals surface area contributed by atoms with Crippen LogP contribution in [0.2, 0.25) is 0 Å². The molecule has 3 aromatic rings. The lowest BCUT2D eigenvalue weighted by atomic mass is 9.95. The van der Waals surface area contributed by atoms with Crippen LogP contribution in [0, 0.1) is 0 Å². The van der Waals surface area contributed by atoms with Crippen LogP contribution in [0.5, 0.6) is 0 Å². The maximum Gasteiger partial charge on any atom is 0.255 e. The number of fused-ring (bicyclic) bond motifs is 1. The first-order chi connectivity index (χ1) is 12.4. The highest BCUT2D eigenvalue weighted by Crippen LogP contribution is 2.32. The fraction of sp³-hybridized carbons (Fsp3) is 0.400. The summed E-state index contributed by atoms with van der Waals surface area (Å²) in [5, 5.41) is 2.11. The quantitative estimate of drug-likeness (QED) is 0.726. The minimum Gasteiger partial charge on any atom is -0.310 e. The molecule has 0 amide bonds. The van der Waals surface area contributed by atoms with Crippen LogP contribution >= 0.6 is 22.7 Å². The third kappa shape index (κ3) is 3.54. The first-order valence-corrected chi connectivity index (χ1v) is 10.6. The van der Waals surface area contributed by atoms with Crippen molar-refractivity contribution in [2.45, 2.75) is 45.7 Å². The van der Waals surface area contributed by atoms with Gasteiger partial charge in [-0.3, -0.25) is 9.69 Å². The summed E-state index contributed by atoms with van der Waals surface area (Å²) < 4.78 is 0. The zero-order chi connectivity index (χ0) is 18.3. The largest absolute Gasteiger partial charge is 0.310 e. The highest BCUT2D eigenvalue weighted by Gasteiger charge is 2.25. The number of rotatable bonds is 3. The van der Waals surface area contributed by atoms with E-state index in [1.54, 1.807) is 11.3 Å². The van der Waals surface area contributed by atoms with E-state index in [1.807, 2.05) is 11.3 Å². The van der Waals surface area contributed by atoms with Crippen molar-refractivity contribution >= 4 is 22.7 Å². The summed E-state index contributed by atoms with van der Waals surface area (Å²) in [4.78, 5) is 26.6. The molecule has 6 heteroatoms. The molecule has 0 spiro atoms. The van der Waals surface area contributed by atoms with E-state index in [9.17, 15) is 4.79 Å². The van der Waals surface area contributed by atoms with Crippen LogP contribution < -0.4 is 5.56 Å². The van der Waals surface area contributed by atoms with Crippen molar-refractivity contribution in [3.05, 3.63) is 62.0 Å². The first kappa shape index (κ1) is 17.6. The monoisotopic (exact) mass is 385 g/mol. The Kier molecular flexibility index (Phi) is 4.59. The number of hydrogen-bond acceptors (Lipinski definition) is 5. The summed E-state index contributed by atoms with van der Waals surface area (Å²) >= 11 is 3.62. The number of nitrogens with one attached hydrogen (secondary N) is 1. The molecule has 4 nitrogen and oxygen atoms in total. The maximum atomic E-state index is 12.6. The van der Waals surface area contributed by atoms with Gasteiger partial charge in [-0.05, 0) is 23.6 Å². The van der Waals surface area contributed by atoms with E-state index in [0.29, 0.717) is 6.54 Å². The first-order valence-electron chi connectivity index (χ1n) is 8.87. The van der Waals surface area contributed by atoms with E-state index >= 15 is 0 Å². The Morgan fingerprint density at radius 1 is 1.23 bits per heavy atom. The van der Waals surface area contributed by atoms with E-state index in [2.05, 4.69) is 60.3 Å². The average molecular weight is 386 g/mol. The summed E-state index contributed by atoms with van der Waals surface area (Å²) in [5.41, 5.74) is 1.69. The molecule has 4 heterocycles. The molecule has 1 aliphatic heterocycles. The molecule has 1 aliphatic rings. The SMILES string of the molecule is CC(C)(C)c1nc2c(c(=O)[nH]1)CN(Cc1ccc(-c3cccs3)s1)CC2. The normalized spacial score (nSPS) is 15.2. The molecular weight excluding hydrogens is 362 g/mol. The van der Waals surface area contributed by atoms with E-state index in [4.69, 9.17) is 4.98 Å². The zero-order valence-electron chi connectivity index (χ0n) is 15.3. The molecule has 0 unspecified atom stereocenters. The minimum atomic E-state index is -0.138. The van der Waals surface area contributed by atoms with Crippen molar-refractivity contribution in [1.82, 2.24) is 14.9 Å². The summed E-state index contributed by atoms with van der Waals surface area (Å²) in [5.74, 6) is 0.786. The Balaban J connectivity index is 1.51. The van der Waals surface area contributed by atoms with E-state index in [-0.39, 0.29) is 11.0 Å². The Bertz CT molecular complexity index is 964. The van der Waals surface area contributed by atoms with Crippen LogP contribution in [0.3, 0.4) is 0 Å². The Labute approximate surface area is 161 Å². The predicted octanol–water partition coefficient (Wildman–Crippen LogP) is 4.42. The standard InChI is InChI=1S/C20H23N3OS2/c1-20(2,3)19-21-15-8-9-23(12-14(15)18(24)22-19)11-13-6-7-17(26-13)16-5-4-10-25-16/h4-7,10H,8-9,11-12H2,1-3H3,(H,21,22,24). The number of hydrogen-bond donors (Lipinski definition) is 1. The van der Waals surface area contributed by atoms with Gasteiger partial charge in [0.05, 0.1) is 11.3 Å². The molecule has 0 aromatic carbocycles. The van der Waals surface area contributed by atoms with Gasteiger partial charge in [-0.25, -0.2) is 4.98 Å². The van der Waals surface area contributed by atoms with Gasteiger partial charge in [0.1, 0.15) is 5.82 Å². The molecule has 0 fully saturated rings. The van der Waals surface area contributed by atoms with E-state index < -0.39 is 0 Å². The second-order valence-electron chi connectivity index (χ2n) is 7.79. The molecule has 136 valence electrons. The van der Waals surface area contributed by atoms with Crippen molar-refractivity contribution in [3.63, 3.8) is 0 Å². The molecule has 0 aliphatic carbocycles. The summed E-state index contributed by atoms with van der Waals surface area (Å²) in [6.45, 7) is 8.74. The Hall–Kier alpha value is -1.76. The van der Waals surface area contributed by atoms with Gasteiger partial charge in [0.15, 0.2) is 0 Å². The van der Waals surface area contributed by atoms with Crippen LogP contribution in [0.15, 0.2) is 34.4 Å². The summed E-state index contributed by atoms with van der Waals surface area (Å²) in [7, 11) is 0. The lowest BCUT2D eigenvalue weighted by Crippen LogP contribution is -2.36. The number of thiophene rings is 2. The van der Waals surface area contributed by atoms with Crippen LogP contribution in [0.25, 0.3) is 9.75 Å². The van der Waals surface area contributed by atoms with Gasteiger partial charge in [0.25, 0.3) is 5.56 Å². The molecule has 0 saturated heterocycles. The van der Waals surface area contributed by atoms with Crippen LogP contribution in [-0.4, -0.2) is 21.4 Å². The molecule has 0 saturated carbocycles. The van der Waals surface area contributed by atoms with Crippen LogP contribution in [0.4, 0.5) is 0 Å². The number of nitrogens with zero attached hydrogens (tertiary/aromatic N) is 2. The number of aromatic amines is 1. The second kappa shape index (κ2) is 6.76. The molecule has 1 N–H and O–H groups in total. The van der Waals surface area contributed by atoms with Gasteiger partial charge in [-0.1, -0.05) is 26.8 Å². The number of aromatic nitrogens is 2. The third-order valence-electron chi connectivity index (χ3n) is 4.66. The molecule has 0 radical (unpaired) electrons. The van der Waals surface area contributed by atoms with Crippen LogP contribution in [-0.2, 0) is 24.9 Å². The van der Waals surface area contributed by atoms with Crippen molar-refractivity contribution in [3.8, 4) is 9.75 Å². The molecular formula is C20H23N3OS2. The Morgan fingerprint density at radius 3 is 2.81 bits per heavy atom. The lowest BCUT2D eigenvalue weighted by Gasteiger charge is -2.28. The van der Waals surface area contributed by atoms with Crippen molar-refractivity contribution in [1.29, 1.82) is 0 Å². The molecule has 0 bridgehead atoms. The van der Waals surface area contributed by atoms with Crippen molar-refractivity contribution in [2.24, 2.45) is 0 Å². The maximum absolute atomic E-state index is 12.6. The van der Waals surface area contributed by atoms with Gasteiger partial charge < -0.3 is 4.98 Å². The smallest absolute Gasteiger partial charge is 0.255 e. The minimum absolute atomic E-state index is 0.0232. The highest BCUT2D eigenvalue weighted by molar-refractivity contribution is 7.21. The summed E-state index contributed by atoms with van der Waals surface area (Å²) in [6, 6.07) is 8.66. The van der Waals surface area contributed by atoms with Crippen molar-refractivity contribution < 1.29 is 0 Å². The van der Waals surface area contributed by atoms with Gasteiger partial charge in [-0.2, -0.15) is 0 Å². The number of H-pyrrole nitrogens is 1. The van der Waals surface area contributed by atoms with Crippen LogP contribution in [0.1, 0.15) is 42.7 Å². The van der Waals surface area contributed by atoms with E-state index in [1.165, 1.54) is 14.6 Å².